The Morgan fingerprint density at radius 3 is 2.78 bits per heavy atom. The molecule has 0 fully saturated rings. The van der Waals surface area contributed by atoms with Gasteiger partial charge in [0, 0.05) is 25.1 Å². The number of rotatable bonds is 4. The summed E-state index contributed by atoms with van der Waals surface area (Å²) in [5.41, 5.74) is 1.09. The average Bonchev–Trinajstić information content (AvgIpc) is 2.87. The van der Waals surface area contributed by atoms with E-state index in [0.29, 0.717) is 32.4 Å². The number of anilines is 1. The van der Waals surface area contributed by atoms with Gasteiger partial charge in [-0.05, 0) is 45.7 Å². The van der Waals surface area contributed by atoms with Crippen LogP contribution in [0, 0.1) is 0 Å². The highest BCUT2D eigenvalue weighted by Gasteiger charge is 2.26. The van der Waals surface area contributed by atoms with Crippen LogP contribution in [-0.4, -0.2) is 35.8 Å². The van der Waals surface area contributed by atoms with Gasteiger partial charge in [0.15, 0.2) is 0 Å². The Balaban J connectivity index is 1.77. The molecule has 126 valence electrons. The molecule has 0 aromatic heterocycles. The number of phenolic OH excluding ortho intramolecular Hbond substituents is 1. The van der Waals surface area contributed by atoms with Crippen molar-refractivity contribution in [1.82, 2.24) is 5.32 Å². The summed E-state index contributed by atoms with van der Waals surface area (Å²) < 4.78 is 5.13. The van der Waals surface area contributed by atoms with Gasteiger partial charge in [-0.2, -0.15) is 0 Å². The van der Waals surface area contributed by atoms with Crippen LogP contribution in [0.15, 0.2) is 18.2 Å². The lowest BCUT2D eigenvalue weighted by Crippen LogP contribution is -2.34. The zero-order valence-corrected chi connectivity index (χ0v) is 13.9. The summed E-state index contributed by atoms with van der Waals surface area (Å²) in [5.74, 6) is 0.240. The van der Waals surface area contributed by atoms with Crippen LogP contribution < -0.4 is 10.2 Å². The Morgan fingerprint density at radius 2 is 2.09 bits per heavy atom. The first-order valence-electron chi connectivity index (χ1n) is 7.86. The lowest BCUT2D eigenvalue weighted by molar-refractivity contribution is -0.118. The van der Waals surface area contributed by atoms with Gasteiger partial charge in [-0.1, -0.05) is 6.07 Å². The number of phenols is 1. The van der Waals surface area contributed by atoms with Crippen LogP contribution in [0.1, 0.15) is 39.2 Å². The van der Waals surface area contributed by atoms with Crippen LogP contribution >= 0.6 is 0 Å². The van der Waals surface area contributed by atoms with E-state index >= 15 is 0 Å². The summed E-state index contributed by atoms with van der Waals surface area (Å²) >= 11 is 0. The lowest BCUT2D eigenvalue weighted by Gasteiger charge is -2.20. The van der Waals surface area contributed by atoms with E-state index in [4.69, 9.17) is 4.74 Å². The van der Waals surface area contributed by atoms with Crippen molar-refractivity contribution in [3.8, 4) is 5.75 Å². The molecule has 6 nitrogen and oxygen atoms in total. The third-order valence-electron chi connectivity index (χ3n) is 3.54. The highest BCUT2D eigenvalue weighted by atomic mass is 16.6. The molecule has 23 heavy (non-hydrogen) atoms. The Bertz CT molecular complexity index is 593. The van der Waals surface area contributed by atoms with Gasteiger partial charge in [0.25, 0.3) is 0 Å². The quantitative estimate of drug-likeness (QED) is 0.836. The highest BCUT2D eigenvalue weighted by molar-refractivity contribution is 5.95. The molecule has 0 saturated carbocycles. The third-order valence-corrected chi connectivity index (χ3v) is 3.54. The molecule has 0 unspecified atom stereocenters. The van der Waals surface area contributed by atoms with Crippen molar-refractivity contribution in [2.45, 2.75) is 45.6 Å². The maximum absolute atomic E-state index is 12.3. The molecule has 0 spiro atoms. The first-order chi connectivity index (χ1) is 10.8. The van der Waals surface area contributed by atoms with Crippen molar-refractivity contribution in [2.75, 3.05) is 18.0 Å². The minimum Gasteiger partial charge on any atom is -0.508 e. The van der Waals surface area contributed by atoms with Crippen molar-refractivity contribution in [3.05, 3.63) is 23.8 Å². The van der Waals surface area contributed by atoms with E-state index < -0.39 is 11.7 Å². The number of nitrogens with zero attached hydrogens (tertiary/aromatic N) is 1. The van der Waals surface area contributed by atoms with E-state index in [1.807, 2.05) is 6.07 Å². The van der Waals surface area contributed by atoms with E-state index in [-0.39, 0.29) is 11.7 Å². The summed E-state index contributed by atoms with van der Waals surface area (Å²) in [6, 6.07) is 5.22. The SMILES string of the molecule is CC(C)(C)OC(=O)NCCCC(=O)N1CCc2c(O)cccc21. The Morgan fingerprint density at radius 1 is 1.35 bits per heavy atom. The molecule has 0 radical (unpaired) electrons. The smallest absolute Gasteiger partial charge is 0.407 e. The van der Waals surface area contributed by atoms with Crippen LogP contribution in [0.5, 0.6) is 5.75 Å². The normalized spacial score (nSPS) is 13.6. The molecular formula is C17H24N2O4. The van der Waals surface area contributed by atoms with Crippen LogP contribution in [0.4, 0.5) is 10.5 Å². The van der Waals surface area contributed by atoms with Gasteiger partial charge in [-0.15, -0.1) is 0 Å². The van der Waals surface area contributed by atoms with Gasteiger partial charge in [0.05, 0.1) is 5.69 Å². The number of nitrogens with one attached hydrogen (secondary N) is 1. The van der Waals surface area contributed by atoms with Crippen molar-refractivity contribution >= 4 is 17.7 Å². The van der Waals surface area contributed by atoms with E-state index in [9.17, 15) is 14.7 Å². The summed E-state index contributed by atoms with van der Waals surface area (Å²) in [4.78, 5) is 25.5. The number of ether oxygens (including phenoxy) is 1. The Labute approximate surface area is 136 Å². The van der Waals surface area contributed by atoms with E-state index in [1.54, 1.807) is 37.8 Å². The van der Waals surface area contributed by atoms with Crippen LogP contribution in [0.3, 0.4) is 0 Å². The van der Waals surface area contributed by atoms with Gasteiger partial charge in [-0.3, -0.25) is 4.79 Å². The van der Waals surface area contributed by atoms with Gasteiger partial charge >= 0.3 is 6.09 Å². The van der Waals surface area contributed by atoms with Gasteiger partial charge < -0.3 is 20.1 Å². The minimum absolute atomic E-state index is 0.000314. The maximum Gasteiger partial charge on any atom is 0.407 e. The number of benzene rings is 1. The molecule has 1 aromatic rings. The molecule has 1 aromatic carbocycles. The fourth-order valence-electron chi connectivity index (χ4n) is 2.55. The van der Waals surface area contributed by atoms with Crippen molar-refractivity contribution in [1.29, 1.82) is 0 Å². The number of aromatic hydroxyl groups is 1. The number of alkyl carbamates (subject to hydrolysis) is 1. The number of hydrogen-bond donors (Lipinski definition) is 2. The minimum atomic E-state index is -0.527. The standard InChI is InChI=1S/C17H24N2O4/c1-17(2,3)23-16(22)18-10-5-8-15(21)19-11-9-12-13(19)6-4-7-14(12)20/h4,6-7,20H,5,8-11H2,1-3H3,(H,18,22). The van der Waals surface area contributed by atoms with Crippen LogP contribution in [0.25, 0.3) is 0 Å². The molecule has 6 heteroatoms. The second-order valence-corrected chi connectivity index (χ2v) is 6.60. The van der Waals surface area contributed by atoms with Gasteiger partial charge in [0.1, 0.15) is 11.4 Å². The molecule has 0 aliphatic carbocycles. The molecule has 1 heterocycles. The van der Waals surface area contributed by atoms with Gasteiger partial charge in [-0.25, -0.2) is 4.79 Å². The molecule has 2 N–H and O–H groups in total. The zero-order chi connectivity index (χ0) is 17.0. The predicted molar refractivity (Wildman–Crippen MR) is 87.6 cm³/mol. The Hall–Kier alpha value is -2.24. The Kier molecular flexibility index (Phi) is 5.13. The van der Waals surface area contributed by atoms with Crippen LogP contribution in [-0.2, 0) is 16.0 Å². The molecule has 2 rings (SSSR count). The highest BCUT2D eigenvalue weighted by Crippen LogP contribution is 2.34. The fourth-order valence-corrected chi connectivity index (χ4v) is 2.55. The van der Waals surface area contributed by atoms with Crippen molar-refractivity contribution < 1.29 is 19.4 Å². The first kappa shape index (κ1) is 17.1. The van der Waals surface area contributed by atoms with E-state index in [1.165, 1.54) is 0 Å². The molecule has 1 aliphatic heterocycles. The van der Waals surface area contributed by atoms with Crippen LogP contribution in [0.2, 0.25) is 0 Å². The maximum atomic E-state index is 12.3. The first-order valence-corrected chi connectivity index (χ1v) is 7.86. The second-order valence-electron chi connectivity index (χ2n) is 6.60. The fraction of sp³-hybridized carbons (Fsp3) is 0.529. The molecule has 0 saturated heterocycles. The summed E-state index contributed by atoms with van der Waals surface area (Å²) in [6.07, 6.45) is 1.08. The van der Waals surface area contributed by atoms with E-state index in [0.717, 1.165) is 11.3 Å². The third kappa shape index (κ3) is 4.61. The predicted octanol–water partition coefficient (Wildman–Crippen LogP) is 2.59. The number of amides is 2. The molecular weight excluding hydrogens is 296 g/mol. The summed E-state index contributed by atoms with van der Waals surface area (Å²) in [6.45, 7) is 6.38. The number of hydrogen-bond acceptors (Lipinski definition) is 4. The van der Waals surface area contributed by atoms with Gasteiger partial charge in [0.2, 0.25) is 5.91 Å². The molecule has 1 aliphatic rings. The monoisotopic (exact) mass is 320 g/mol. The van der Waals surface area contributed by atoms with Crippen molar-refractivity contribution in [3.63, 3.8) is 0 Å². The molecule has 0 atom stereocenters. The number of fused-ring (bicyclic) bond motifs is 1. The second kappa shape index (κ2) is 6.89. The summed E-state index contributed by atoms with van der Waals surface area (Å²) in [7, 11) is 0. The number of carbonyl (C=O) groups excluding carboxylic acids is 2. The lowest BCUT2D eigenvalue weighted by atomic mass is 10.1. The largest absolute Gasteiger partial charge is 0.508 e. The summed E-state index contributed by atoms with van der Waals surface area (Å²) in [5, 5.41) is 12.4. The van der Waals surface area contributed by atoms with E-state index in [2.05, 4.69) is 5.32 Å². The molecule has 2 amide bonds. The average molecular weight is 320 g/mol. The van der Waals surface area contributed by atoms with Crippen molar-refractivity contribution in [2.24, 2.45) is 0 Å². The zero-order valence-electron chi connectivity index (χ0n) is 13.9. The topological polar surface area (TPSA) is 78.9 Å². The number of carbonyl (C=O) groups is 2. The molecule has 0 bridgehead atoms.